The van der Waals surface area contributed by atoms with Crippen molar-refractivity contribution in [3.63, 3.8) is 0 Å². The van der Waals surface area contributed by atoms with Gasteiger partial charge in [-0.25, -0.2) is 4.79 Å². The number of rotatable bonds is 10. The molecule has 0 heterocycles. The van der Waals surface area contributed by atoms with Crippen molar-refractivity contribution >= 4 is 6.03 Å². The van der Waals surface area contributed by atoms with Gasteiger partial charge in [0.1, 0.15) is 11.5 Å². The summed E-state index contributed by atoms with van der Waals surface area (Å²) in [6.07, 6.45) is 0. The van der Waals surface area contributed by atoms with Crippen LogP contribution >= 0.6 is 0 Å². The molecular weight excluding hydrogens is 420 g/mol. The van der Waals surface area contributed by atoms with Gasteiger partial charge in [0.2, 0.25) is 0 Å². The molecule has 0 aliphatic heterocycles. The number of urea groups is 1. The van der Waals surface area contributed by atoms with Gasteiger partial charge in [-0.15, -0.1) is 0 Å². The number of amides is 2. The fourth-order valence-corrected chi connectivity index (χ4v) is 3.38. The molecule has 3 rings (SSSR count). The van der Waals surface area contributed by atoms with Gasteiger partial charge in [0, 0.05) is 19.6 Å². The van der Waals surface area contributed by atoms with E-state index in [1.807, 2.05) is 66.7 Å². The average molecular weight is 451 g/mol. The van der Waals surface area contributed by atoms with Gasteiger partial charge in [0.15, 0.2) is 11.5 Å². The van der Waals surface area contributed by atoms with E-state index in [0.717, 1.165) is 28.2 Å². The lowest BCUT2D eigenvalue weighted by Crippen LogP contribution is -2.38. The van der Waals surface area contributed by atoms with Crippen LogP contribution in [0.1, 0.15) is 16.7 Å². The minimum atomic E-state index is -0.170. The summed E-state index contributed by atoms with van der Waals surface area (Å²) in [5, 5.41) is 3.01. The Labute approximate surface area is 194 Å². The molecule has 174 valence electrons. The summed E-state index contributed by atoms with van der Waals surface area (Å²) in [5.74, 6) is 2.82. The van der Waals surface area contributed by atoms with Crippen LogP contribution in [0.15, 0.2) is 66.7 Å². The van der Waals surface area contributed by atoms with Crippen LogP contribution in [0.4, 0.5) is 4.79 Å². The standard InChI is InChI=1S/C26H30N2O5/c1-30-22-10-5-19(6-11-22)17-28(18-20-7-12-23(31-2)13-8-20)26(29)27-16-21-9-14-24(32-3)25(15-21)33-4/h5-15H,16-18H2,1-4H3,(H,27,29). The lowest BCUT2D eigenvalue weighted by molar-refractivity contribution is 0.192. The van der Waals surface area contributed by atoms with Crippen molar-refractivity contribution in [2.75, 3.05) is 28.4 Å². The molecule has 2 amide bonds. The Bertz CT molecular complexity index is 986. The molecule has 0 aromatic heterocycles. The average Bonchev–Trinajstić information content (AvgIpc) is 2.87. The first-order chi connectivity index (χ1) is 16.1. The maximum atomic E-state index is 13.2. The molecule has 0 saturated heterocycles. The van der Waals surface area contributed by atoms with Crippen molar-refractivity contribution in [3.05, 3.63) is 83.4 Å². The van der Waals surface area contributed by atoms with Gasteiger partial charge >= 0.3 is 6.03 Å². The second-order valence-corrected chi connectivity index (χ2v) is 7.40. The SMILES string of the molecule is COc1ccc(CN(Cc2ccc(OC)cc2)C(=O)NCc2ccc(OC)c(OC)c2)cc1. The van der Waals surface area contributed by atoms with Gasteiger partial charge < -0.3 is 29.2 Å². The molecule has 7 nitrogen and oxygen atoms in total. The third-order valence-corrected chi connectivity index (χ3v) is 5.24. The van der Waals surface area contributed by atoms with Crippen LogP contribution in [0.3, 0.4) is 0 Å². The van der Waals surface area contributed by atoms with Crippen molar-refractivity contribution in [3.8, 4) is 23.0 Å². The second kappa shape index (κ2) is 11.7. The summed E-state index contributed by atoms with van der Waals surface area (Å²) >= 11 is 0. The van der Waals surface area contributed by atoms with Crippen LogP contribution in [-0.2, 0) is 19.6 Å². The van der Waals surface area contributed by atoms with Gasteiger partial charge in [-0.05, 0) is 53.1 Å². The third kappa shape index (κ3) is 6.55. The predicted octanol–water partition coefficient (Wildman–Crippen LogP) is 4.63. The quantitative estimate of drug-likeness (QED) is 0.488. The molecule has 1 N–H and O–H groups in total. The number of methoxy groups -OCH3 is 4. The molecule has 3 aromatic rings. The van der Waals surface area contributed by atoms with E-state index in [1.54, 1.807) is 33.3 Å². The van der Waals surface area contributed by atoms with E-state index in [-0.39, 0.29) is 6.03 Å². The van der Waals surface area contributed by atoms with Crippen molar-refractivity contribution in [2.24, 2.45) is 0 Å². The van der Waals surface area contributed by atoms with E-state index >= 15 is 0 Å². The number of carbonyl (C=O) groups excluding carboxylic acids is 1. The van der Waals surface area contributed by atoms with Crippen LogP contribution in [0, 0.1) is 0 Å². The Kier molecular flexibility index (Phi) is 8.41. The van der Waals surface area contributed by atoms with Crippen molar-refractivity contribution in [2.45, 2.75) is 19.6 Å². The molecule has 0 unspecified atom stereocenters. The normalized spacial score (nSPS) is 10.3. The fourth-order valence-electron chi connectivity index (χ4n) is 3.38. The van der Waals surface area contributed by atoms with Crippen LogP contribution < -0.4 is 24.3 Å². The third-order valence-electron chi connectivity index (χ3n) is 5.24. The minimum Gasteiger partial charge on any atom is -0.497 e. The number of carbonyl (C=O) groups is 1. The molecule has 3 aromatic carbocycles. The molecule has 0 spiro atoms. The first-order valence-electron chi connectivity index (χ1n) is 10.6. The van der Waals surface area contributed by atoms with Crippen molar-refractivity contribution in [1.29, 1.82) is 0 Å². The smallest absolute Gasteiger partial charge is 0.318 e. The Morgan fingerprint density at radius 2 is 1.15 bits per heavy atom. The van der Waals surface area contributed by atoms with Gasteiger partial charge in [0.25, 0.3) is 0 Å². The molecule has 0 atom stereocenters. The van der Waals surface area contributed by atoms with Crippen LogP contribution in [0.2, 0.25) is 0 Å². The predicted molar refractivity (Wildman–Crippen MR) is 127 cm³/mol. The second-order valence-electron chi connectivity index (χ2n) is 7.40. The Morgan fingerprint density at radius 1 is 0.667 bits per heavy atom. The monoisotopic (exact) mass is 450 g/mol. The topological polar surface area (TPSA) is 69.3 Å². The first kappa shape index (κ1) is 23.8. The zero-order valence-electron chi connectivity index (χ0n) is 19.5. The molecule has 0 bridgehead atoms. The van der Waals surface area contributed by atoms with E-state index in [2.05, 4.69) is 5.32 Å². The number of nitrogens with one attached hydrogen (secondary N) is 1. The Hall–Kier alpha value is -3.87. The molecule has 0 fully saturated rings. The molecule has 0 radical (unpaired) electrons. The molecular formula is C26H30N2O5. The summed E-state index contributed by atoms with van der Waals surface area (Å²) in [4.78, 5) is 14.9. The first-order valence-corrected chi connectivity index (χ1v) is 10.6. The van der Waals surface area contributed by atoms with E-state index in [9.17, 15) is 4.79 Å². The summed E-state index contributed by atoms with van der Waals surface area (Å²) in [6.45, 7) is 1.27. The number of hydrogen-bond acceptors (Lipinski definition) is 5. The van der Waals surface area contributed by atoms with E-state index in [1.165, 1.54) is 0 Å². The number of hydrogen-bond donors (Lipinski definition) is 1. The molecule has 33 heavy (non-hydrogen) atoms. The van der Waals surface area contributed by atoms with Gasteiger partial charge in [-0.2, -0.15) is 0 Å². The van der Waals surface area contributed by atoms with E-state index in [0.29, 0.717) is 31.1 Å². The molecule has 0 aliphatic rings. The highest BCUT2D eigenvalue weighted by molar-refractivity contribution is 5.74. The lowest BCUT2D eigenvalue weighted by Gasteiger charge is -2.24. The number of benzene rings is 3. The minimum absolute atomic E-state index is 0.170. The number of nitrogens with zero attached hydrogens (tertiary/aromatic N) is 1. The summed E-state index contributed by atoms with van der Waals surface area (Å²) in [5.41, 5.74) is 2.92. The highest BCUT2D eigenvalue weighted by Crippen LogP contribution is 2.27. The lowest BCUT2D eigenvalue weighted by atomic mass is 10.1. The fraction of sp³-hybridized carbons (Fsp3) is 0.269. The van der Waals surface area contributed by atoms with Crippen LogP contribution in [0.5, 0.6) is 23.0 Å². The van der Waals surface area contributed by atoms with Crippen molar-refractivity contribution < 1.29 is 23.7 Å². The molecule has 0 aliphatic carbocycles. The van der Waals surface area contributed by atoms with Crippen LogP contribution in [-0.4, -0.2) is 39.4 Å². The maximum Gasteiger partial charge on any atom is 0.318 e. The summed E-state index contributed by atoms with van der Waals surface area (Å²) in [6, 6.07) is 20.8. The van der Waals surface area contributed by atoms with Crippen LogP contribution in [0.25, 0.3) is 0 Å². The number of ether oxygens (including phenoxy) is 4. The molecule has 0 saturated carbocycles. The van der Waals surface area contributed by atoms with Crippen molar-refractivity contribution in [1.82, 2.24) is 10.2 Å². The summed E-state index contributed by atoms with van der Waals surface area (Å²) < 4.78 is 21.1. The summed E-state index contributed by atoms with van der Waals surface area (Å²) in [7, 11) is 6.44. The van der Waals surface area contributed by atoms with Gasteiger partial charge in [0.05, 0.1) is 28.4 Å². The largest absolute Gasteiger partial charge is 0.497 e. The van der Waals surface area contributed by atoms with Gasteiger partial charge in [-0.1, -0.05) is 30.3 Å². The van der Waals surface area contributed by atoms with E-state index < -0.39 is 0 Å². The van der Waals surface area contributed by atoms with E-state index in [4.69, 9.17) is 18.9 Å². The Balaban J connectivity index is 1.73. The maximum absolute atomic E-state index is 13.2. The zero-order chi connectivity index (χ0) is 23.6. The van der Waals surface area contributed by atoms with Gasteiger partial charge in [-0.3, -0.25) is 0 Å². The Morgan fingerprint density at radius 3 is 1.61 bits per heavy atom. The zero-order valence-corrected chi connectivity index (χ0v) is 19.5. The highest BCUT2D eigenvalue weighted by atomic mass is 16.5. The molecule has 7 heteroatoms. The highest BCUT2D eigenvalue weighted by Gasteiger charge is 2.15.